The van der Waals surface area contributed by atoms with Gasteiger partial charge < -0.3 is 9.64 Å². The van der Waals surface area contributed by atoms with E-state index in [-0.39, 0.29) is 17.9 Å². The van der Waals surface area contributed by atoms with Gasteiger partial charge in [-0.1, -0.05) is 29.3 Å². The van der Waals surface area contributed by atoms with Gasteiger partial charge in [-0.15, -0.1) is 0 Å². The summed E-state index contributed by atoms with van der Waals surface area (Å²) in [5.41, 5.74) is -0.722. The predicted octanol–water partition coefficient (Wildman–Crippen LogP) is 8.44. The van der Waals surface area contributed by atoms with Crippen LogP contribution in [0.2, 0.25) is 10.0 Å². The third-order valence-corrected chi connectivity index (χ3v) is 6.17. The Hall–Kier alpha value is -3.18. The average Bonchev–Trinajstić information content (AvgIpc) is 2.86. The van der Waals surface area contributed by atoms with Gasteiger partial charge in [0.25, 0.3) is 0 Å². The molecule has 0 aromatic heterocycles. The van der Waals surface area contributed by atoms with Crippen LogP contribution in [0, 0.1) is 23.3 Å². The number of nitrogens with zero attached hydrogens (tertiary/aromatic N) is 2. The Morgan fingerprint density at radius 1 is 0.895 bits per heavy atom. The van der Waals surface area contributed by atoms with Crippen molar-refractivity contribution in [3.05, 3.63) is 86.4 Å². The number of anilines is 2. The van der Waals surface area contributed by atoms with Crippen molar-refractivity contribution in [3.63, 3.8) is 0 Å². The molecule has 0 aliphatic rings. The first-order valence-electron chi connectivity index (χ1n) is 11.1. The molecule has 0 bridgehead atoms. The fourth-order valence-corrected chi connectivity index (χ4v) is 3.80. The molecule has 4 nitrogen and oxygen atoms in total. The second-order valence-electron chi connectivity index (χ2n) is 7.81. The van der Waals surface area contributed by atoms with Crippen molar-refractivity contribution >= 4 is 40.8 Å². The normalized spacial score (nSPS) is 11.8. The van der Waals surface area contributed by atoms with Crippen molar-refractivity contribution < 1.29 is 35.5 Å². The molecule has 0 aliphatic carbocycles. The van der Waals surface area contributed by atoms with Crippen LogP contribution < -0.4 is 15.1 Å². The minimum atomic E-state index is -5.65. The van der Waals surface area contributed by atoms with Crippen LogP contribution in [0.3, 0.4) is 0 Å². The summed E-state index contributed by atoms with van der Waals surface area (Å²) in [5.74, 6) is -9.47. The Morgan fingerprint density at radius 2 is 1.53 bits per heavy atom. The largest absolute Gasteiger partial charge is 0.488 e. The lowest BCUT2D eigenvalue weighted by atomic mass is 10.1. The van der Waals surface area contributed by atoms with Crippen LogP contribution in [0.1, 0.15) is 30.5 Å². The summed E-state index contributed by atoms with van der Waals surface area (Å²) in [6, 6.07) is 9.86. The summed E-state index contributed by atoms with van der Waals surface area (Å²) in [6.45, 7) is 5.31. The zero-order valence-corrected chi connectivity index (χ0v) is 21.4. The summed E-state index contributed by atoms with van der Waals surface area (Å²) in [4.78, 5) is 2.02. The zero-order valence-electron chi connectivity index (χ0n) is 19.9. The smallest absolute Gasteiger partial charge is 0.422 e. The highest BCUT2D eigenvalue weighted by molar-refractivity contribution is 6.42. The topological polar surface area (TPSA) is 36.9 Å². The maximum absolute atomic E-state index is 14.2. The molecule has 1 N–H and O–H groups in total. The third-order valence-electron chi connectivity index (χ3n) is 5.43. The van der Waals surface area contributed by atoms with Crippen LogP contribution in [0.15, 0.2) is 41.5 Å². The van der Waals surface area contributed by atoms with Crippen molar-refractivity contribution in [3.8, 4) is 5.75 Å². The molecule has 0 spiro atoms. The summed E-state index contributed by atoms with van der Waals surface area (Å²) >= 11 is 12.0. The highest BCUT2D eigenvalue weighted by Gasteiger charge is 2.42. The molecule has 0 radical (unpaired) electrons. The second kappa shape index (κ2) is 12.1. The number of benzene rings is 3. The molecule has 0 fully saturated rings. The molecule has 0 atom stereocenters. The minimum absolute atomic E-state index is 0.0471. The van der Waals surface area contributed by atoms with E-state index in [1.54, 1.807) is 41.8 Å². The first kappa shape index (κ1) is 29.4. The number of hydrazone groups is 1. The summed E-state index contributed by atoms with van der Waals surface area (Å²) in [6.07, 6.45) is -4.62. The van der Waals surface area contributed by atoms with Crippen molar-refractivity contribution in [1.82, 2.24) is 0 Å². The highest BCUT2D eigenvalue weighted by atomic mass is 35.5. The Bertz CT molecular complexity index is 1320. The molecule has 38 heavy (non-hydrogen) atoms. The van der Waals surface area contributed by atoms with E-state index >= 15 is 0 Å². The molecule has 3 aromatic rings. The fourth-order valence-electron chi connectivity index (χ4n) is 3.48. The Balaban J connectivity index is 1.93. The van der Waals surface area contributed by atoms with E-state index in [2.05, 4.69) is 5.10 Å². The van der Waals surface area contributed by atoms with E-state index < -0.39 is 40.7 Å². The number of halogens is 9. The fraction of sp³-hybridized carbons (Fsp3) is 0.240. The molecule has 13 heteroatoms. The van der Waals surface area contributed by atoms with E-state index in [9.17, 15) is 30.7 Å². The number of ether oxygens (including phenoxy) is 1. The van der Waals surface area contributed by atoms with Crippen LogP contribution >= 0.6 is 23.2 Å². The van der Waals surface area contributed by atoms with E-state index in [1.807, 2.05) is 18.7 Å². The summed E-state index contributed by atoms with van der Waals surface area (Å²) in [7, 11) is 0. The Morgan fingerprint density at radius 3 is 2.08 bits per heavy atom. The molecular formula is C25H20Cl2F7N3O. The van der Waals surface area contributed by atoms with Gasteiger partial charge in [-0.2, -0.15) is 18.3 Å². The van der Waals surface area contributed by atoms with Crippen LogP contribution in [-0.2, 0) is 12.8 Å². The number of nitrogens with one attached hydrogen (secondary N) is 1. The second-order valence-corrected chi connectivity index (χ2v) is 8.62. The predicted molar refractivity (Wildman–Crippen MR) is 133 cm³/mol. The molecule has 0 saturated carbocycles. The quantitative estimate of drug-likeness (QED) is 0.119. The van der Waals surface area contributed by atoms with Crippen LogP contribution in [0.25, 0.3) is 0 Å². The van der Waals surface area contributed by atoms with Gasteiger partial charge in [0.15, 0.2) is 23.3 Å². The van der Waals surface area contributed by atoms with Gasteiger partial charge in [0.1, 0.15) is 23.6 Å². The number of alkyl halides is 3. The lowest BCUT2D eigenvalue weighted by Gasteiger charge is -2.22. The van der Waals surface area contributed by atoms with Crippen LogP contribution in [0.5, 0.6) is 5.75 Å². The molecule has 204 valence electrons. The van der Waals surface area contributed by atoms with Gasteiger partial charge in [0.2, 0.25) is 0 Å². The van der Waals surface area contributed by atoms with Gasteiger partial charge in [0, 0.05) is 30.4 Å². The third kappa shape index (κ3) is 6.44. The van der Waals surface area contributed by atoms with E-state index in [0.717, 1.165) is 11.9 Å². The molecular weight excluding hydrogens is 562 g/mol. The number of hydrogen-bond acceptors (Lipinski definition) is 4. The zero-order chi connectivity index (χ0) is 28.2. The van der Waals surface area contributed by atoms with Gasteiger partial charge >= 0.3 is 6.18 Å². The van der Waals surface area contributed by atoms with Gasteiger partial charge in [-0.25, -0.2) is 17.6 Å². The van der Waals surface area contributed by atoms with Gasteiger partial charge in [-0.3, -0.25) is 5.43 Å². The number of hydrogen-bond donors (Lipinski definition) is 1. The summed E-state index contributed by atoms with van der Waals surface area (Å²) in [5, 5.41) is 4.23. The van der Waals surface area contributed by atoms with Crippen molar-refractivity contribution in [1.29, 1.82) is 0 Å². The summed E-state index contributed by atoms with van der Waals surface area (Å²) < 4.78 is 100. The highest BCUT2D eigenvalue weighted by Crippen LogP contribution is 2.38. The van der Waals surface area contributed by atoms with Crippen molar-refractivity contribution in [2.75, 3.05) is 23.4 Å². The molecule has 0 aliphatic heterocycles. The maximum atomic E-state index is 14.2. The Kier molecular flexibility index (Phi) is 9.37. The van der Waals surface area contributed by atoms with Crippen molar-refractivity contribution in [2.45, 2.75) is 26.6 Å². The number of rotatable bonds is 9. The van der Waals surface area contributed by atoms with Gasteiger partial charge in [-0.05, 0) is 43.7 Å². The average molecular weight is 582 g/mol. The van der Waals surface area contributed by atoms with Crippen LogP contribution in [-0.4, -0.2) is 19.3 Å². The molecule has 0 saturated heterocycles. The lowest BCUT2D eigenvalue weighted by Crippen LogP contribution is -2.21. The SMILES string of the molecule is CCN(CC)c1ccc(C=NNc2c(F)c(F)c(C(F)(F)F)c(F)c2F)c(OCc2ccc(Cl)c(Cl)c2)c1. The standard InChI is InChI=1S/C25H20Cl2F7N3O/c1-3-37(4-2)15-7-6-14(18(10-15)38-12-13-5-8-16(26)17(27)9-13)11-35-36-24-22(30)20(28)19(25(32,33)34)21(29)23(24)31/h5-11,36H,3-4,12H2,1-2H3. The molecule has 0 amide bonds. The van der Waals surface area contributed by atoms with E-state index in [4.69, 9.17) is 27.9 Å². The molecule has 3 rings (SSSR count). The van der Waals surface area contributed by atoms with Gasteiger partial charge in [0.05, 0.1) is 16.3 Å². The van der Waals surface area contributed by atoms with Crippen molar-refractivity contribution in [2.24, 2.45) is 5.10 Å². The minimum Gasteiger partial charge on any atom is -0.488 e. The Labute approximate surface area is 223 Å². The first-order chi connectivity index (χ1) is 17.9. The first-order valence-corrected chi connectivity index (χ1v) is 11.8. The molecule has 3 aromatic carbocycles. The van der Waals surface area contributed by atoms with E-state index in [1.165, 1.54) is 0 Å². The molecule has 0 heterocycles. The molecule has 0 unspecified atom stereocenters. The maximum Gasteiger partial charge on any atom is 0.422 e. The van der Waals surface area contributed by atoms with E-state index in [0.29, 0.717) is 28.7 Å². The monoisotopic (exact) mass is 581 g/mol. The van der Waals surface area contributed by atoms with Crippen LogP contribution in [0.4, 0.5) is 42.1 Å². The lowest BCUT2D eigenvalue weighted by molar-refractivity contribution is -0.143.